The Balaban J connectivity index is 2.40. The van der Waals surface area contributed by atoms with E-state index in [-0.39, 0.29) is 0 Å². The second kappa shape index (κ2) is 4.57. The maximum atomic E-state index is 3.48. The van der Waals surface area contributed by atoms with Gasteiger partial charge in [-0.05, 0) is 5.41 Å². The predicted molar refractivity (Wildman–Crippen MR) is 31.6 cm³/mol. The van der Waals surface area contributed by atoms with Gasteiger partial charge in [0.05, 0.1) is 4.66 Å². The van der Waals surface area contributed by atoms with Gasteiger partial charge in [-0.1, -0.05) is 22.5 Å². The molecule has 0 N–H and O–H groups in total. The van der Waals surface area contributed by atoms with Gasteiger partial charge in [-0.25, -0.2) is 0 Å². The molecular formula is C3H5BrS. The van der Waals surface area contributed by atoms with Crippen molar-refractivity contribution >= 4 is 27.7 Å². The molecule has 0 aliphatic rings. The number of hydrogen-bond donors (Lipinski definition) is 0. The third kappa shape index (κ3) is 4.57. The fourth-order valence-corrected chi connectivity index (χ4v) is 0.694. The van der Waals surface area contributed by atoms with Crippen LogP contribution in [0.4, 0.5) is 0 Å². The monoisotopic (exact) mass is 152 g/mol. The molecule has 0 amide bonds. The first-order chi connectivity index (χ1) is 2.41. The van der Waals surface area contributed by atoms with E-state index in [4.69, 9.17) is 0 Å². The summed E-state index contributed by atoms with van der Waals surface area (Å²) in [5.74, 6) is 0. The van der Waals surface area contributed by atoms with Crippen molar-refractivity contribution in [2.45, 2.75) is 0 Å². The highest BCUT2D eigenvalue weighted by Gasteiger charge is 1.63. The highest BCUT2D eigenvalue weighted by molar-refractivity contribution is 9.11. The molecule has 0 aliphatic heterocycles. The highest BCUT2D eigenvalue weighted by Crippen LogP contribution is 2.01. The van der Waals surface area contributed by atoms with E-state index in [0.717, 1.165) is 4.66 Å². The van der Waals surface area contributed by atoms with E-state index < -0.39 is 0 Å². The van der Waals surface area contributed by atoms with E-state index in [1.165, 1.54) is 0 Å². The molecule has 0 unspecified atom stereocenters. The molecule has 0 saturated heterocycles. The lowest BCUT2D eigenvalue weighted by molar-refractivity contribution is 2.34. The molecule has 0 fully saturated rings. The van der Waals surface area contributed by atoms with Crippen LogP contribution in [0.1, 0.15) is 0 Å². The molecule has 0 aromatic rings. The van der Waals surface area contributed by atoms with Crippen molar-refractivity contribution in [1.82, 2.24) is 0 Å². The molecule has 0 rings (SSSR count). The van der Waals surface area contributed by atoms with Crippen molar-refractivity contribution in [2.75, 3.05) is 4.66 Å². The van der Waals surface area contributed by atoms with Gasteiger partial charge in [0, 0.05) is 0 Å². The molecule has 0 heterocycles. The lowest BCUT2D eigenvalue weighted by atomic mass is 11.3. The zero-order valence-electron chi connectivity index (χ0n) is 2.78. The van der Waals surface area contributed by atoms with Crippen LogP contribution in [0.3, 0.4) is 0 Å². The minimum absolute atomic E-state index is 0.955. The van der Waals surface area contributed by atoms with Gasteiger partial charge in [-0.15, -0.1) is 11.8 Å². The van der Waals surface area contributed by atoms with Gasteiger partial charge >= 0.3 is 0 Å². The molecule has 0 aromatic carbocycles. The Labute approximate surface area is 44.8 Å². The number of alkyl halides is 1. The van der Waals surface area contributed by atoms with E-state index in [0.29, 0.717) is 0 Å². The summed E-state index contributed by atoms with van der Waals surface area (Å²) in [5.41, 5.74) is 0. The third-order valence-electron chi connectivity index (χ3n) is 0.181. The molecule has 0 radical (unpaired) electrons. The minimum atomic E-state index is 0.955. The van der Waals surface area contributed by atoms with Gasteiger partial charge in [0.25, 0.3) is 0 Å². The molecule has 0 nitrogen and oxygen atoms in total. The SMILES string of the molecule is C=CSCBr. The van der Waals surface area contributed by atoms with Crippen molar-refractivity contribution in [1.29, 1.82) is 0 Å². The largest absolute Gasteiger partial charge is 0.123 e. The molecule has 0 aromatic heterocycles. The Morgan fingerprint density at radius 1 is 2.00 bits per heavy atom. The molecular weight excluding hydrogens is 148 g/mol. The van der Waals surface area contributed by atoms with Crippen LogP contribution < -0.4 is 0 Å². The zero-order chi connectivity index (χ0) is 4.12. The predicted octanol–water partition coefficient (Wildman–Crippen LogP) is 2.22. The second-order valence-corrected chi connectivity index (χ2v) is 2.70. The van der Waals surface area contributed by atoms with Crippen molar-refractivity contribution in [3.63, 3.8) is 0 Å². The highest BCUT2D eigenvalue weighted by atomic mass is 79.9. The Bertz CT molecular complexity index is 28.1. The van der Waals surface area contributed by atoms with E-state index in [1.807, 2.05) is 0 Å². The number of thioether (sulfide) groups is 1. The Morgan fingerprint density at radius 2 is 2.60 bits per heavy atom. The molecule has 30 valence electrons. The lowest BCUT2D eigenvalue weighted by Crippen LogP contribution is -1.42. The number of halogens is 1. The quantitative estimate of drug-likeness (QED) is 0.548. The van der Waals surface area contributed by atoms with Crippen molar-refractivity contribution in [2.24, 2.45) is 0 Å². The molecule has 0 bridgehead atoms. The van der Waals surface area contributed by atoms with Crippen molar-refractivity contribution in [3.8, 4) is 0 Å². The number of hydrogen-bond acceptors (Lipinski definition) is 1. The Kier molecular flexibility index (Phi) is 5.09. The molecule has 0 atom stereocenters. The summed E-state index contributed by atoms with van der Waals surface area (Å²) in [5, 5.41) is 1.80. The van der Waals surface area contributed by atoms with Crippen molar-refractivity contribution in [3.05, 3.63) is 12.0 Å². The van der Waals surface area contributed by atoms with Crippen LogP contribution in [0, 0.1) is 0 Å². The fourth-order valence-electron chi connectivity index (χ4n) is 0.0445. The molecule has 0 aliphatic carbocycles. The van der Waals surface area contributed by atoms with Gasteiger partial charge in [-0.3, -0.25) is 0 Å². The van der Waals surface area contributed by atoms with Crippen LogP contribution in [-0.4, -0.2) is 4.66 Å². The summed E-state index contributed by atoms with van der Waals surface area (Å²) in [7, 11) is 0. The maximum absolute atomic E-state index is 3.48. The summed E-state index contributed by atoms with van der Waals surface area (Å²) in [6.45, 7) is 3.48. The first-order valence-electron chi connectivity index (χ1n) is 1.20. The Hall–Kier alpha value is 0.570. The van der Waals surface area contributed by atoms with Crippen LogP contribution in [0.25, 0.3) is 0 Å². The van der Waals surface area contributed by atoms with E-state index in [9.17, 15) is 0 Å². The van der Waals surface area contributed by atoms with Crippen LogP contribution in [0.5, 0.6) is 0 Å². The zero-order valence-corrected chi connectivity index (χ0v) is 5.18. The van der Waals surface area contributed by atoms with Gasteiger partial charge in [0.1, 0.15) is 0 Å². The van der Waals surface area contributed by atoms with E-state index in [1.54, 1.807) is 17.2 Å². The van der Waals surface area contributed by atoms with Gasteiger partial charge in [-0.2, -0.15) is 0 Å². The van der Waals surface area contributed by atoms with Gasteiger partial charge < -0.3 is 0 Å². The Morgan fingerprint density at radius 3 is 2.60 bits per heavy atom. The van der Waals surface area contributed by atoms with E-state index in [2.05, 4.69) is 22.5 Å². The summed E-state index contributed by atoms with van der Waals surface area (Å²) >= 11 is 4.84. The fraction of sp³-hybridized carbons (Fsp3) is 0.333. The lowest BCUT2D eigenvalue weighted by Gasteiger charge is -1.72. The first-order valence-corrected chi connectivity index (χ1v) is 3.37. The topological polar surface area (TPSA) is 0 Å². The average molecular weight is 153 g/mol. The summed E-state index contributed by atoms with van der Waals surface area (Å²) < 4.78 is 0.955. The number of rotatable bonds is 2. The summed E-state index contributed by atoms with van der Waals surface area (Å²) in [6.07, 6.45) is 0. The van der Waals surface area contributed by atoms with Crippen molar-refractivity contribution < 1.29 is 0 Å². The second-order valence-electron chi connectivity index (χ2n) is 0.442. The van der Waals surface area contributed by atoms with Crippen LogP contribution in [-0.2, 0) is 0 Å². The molecule has 5 heavy (non-hydrogen) atoms. The summed E-state index contributed by atoms with van der Waals surface area (Å²) in [4.78, 5) is 0. The van der Waals surface area contributed by atoms with E-state index >= 15 is 0 Å². The molecule has 0 saturated carbocycles. The van der Waals surface area contributed by atoms with Gasteiger partial charge in [0.15, 0.2) is 0 Å². The molecule has 0 spiro atoms. The standard InChI is InChI=1S/C3H5BrS/c1-2-5-3-4/h2H,1,3H2. The first kappa shape index (κ1) is 5.57. The smallest absolute Gasteiger partial charge is 0.0531 e. The summed E-state index contributed by atoms with van der Waals surface area (Å²) in [6, 6.07) is 0. The third-order valence-corrected chi connectivity index (χ3v) is 1.34. The maximum Gasteiger partial charge on any atom is 0.0531 e. The van der Waals surface area contributed by atoms with Gasteiger partial charge in [0.2, 0.25) is 0 Å². The normalized spacial score (nSPS) is 7.40. The molecule has 2 heteroatoms. The minimum Gasteiger partial charge on any atom is -0.123 e. The van der Waals surface area contributed by atoms with Crippen LogP contribution in [0.2, 0.25) is 0 Å². The van der Waals surface area contributed by atoms with Crippen LogP contribution in [0.15, 0.2) is 12.0 Å². The van der Waals surface area contributed by atoms with Crippen LogP contribution >= 0.6 is 27.7 Å². The average Bonchev–Trinajstić information content (AvgIpc) is 1.41.